The van der Waals surface area contributed by atoms with Crippen molar-refractivity contribution in [3.05, 3.63) is 0 Å². The maximum Gasteiger partial charge on any atom is 0.0229 e. The topological polar surface area (TPSA) is 18.5 Å². The van der Waals surface area contributed by atoms with Gasteiger partial charge in [-0.3, -0.25) is 0 Å². The molecule has 0 bridgehead atoms. The Kier molecular flexibility index (Phi) is 5.93. The molecule has 0 aromatic rings. The Bertz CT molecular complexity index is 224. The molecule has 3 nitrogen and oxygen atoms in total. The number of hydrogen-bond donors (Lipinski definition) is 1. The Morgan fingerprint density at radius 2 is 1.89 bits per heavy atom. The molecule has 106 valence electrons. The predicted molar refractivity (Wildman–Crippen MR) is 78.0 cm³/mol. The van der Waals surface area contributed by atoms with Crippen LogP contribution in [0.1, 0.15) is 38.5 Å². The van der Waals surface area contributed by atoms with Gasteiger partial charge in [0, 0.05) is 25.7 Å². The molecule has 2 aliphatic rings. The molecule has 1 N–H and O–H groups in total. The quantitative estimate of drug-likeness (QED) is 0.728. The van der Waals surface area contributed by atoms with E-state index in [1.165, 1.54) is 71.2 Å². The van der Waals surface area contributed by atoms with Crippen LogP contribution in [0.4, 0.5) is 0 Å². The van der Waals surface area contributed by atoms with Gasteiger partial charge >= 0.3 is 0 Å². The zero-order valence-electron chi connectivity index (χ0n) is 12.3. The Morgan fingerprint density at radius 1 is 1.11 bits per heavy atom. The van der Waals surface area contributed by atoms with E-state index in [1.807, 2.05) is 0 Å². The van der Waals surface area contributed by atoms with Crippen LogP contribution >= 0.6 is 0 Å². The maximum absolute atomic E-state index is 3.67. The van der Waals surface area contributed by atoms with Crippen molar-refractivity contribution < 1.29 is 0 Å². The summed E-state index contributed by atoms with van der Waals surface area (Å²) in [5.41, 5.74) is 0. The van der Waals surface area contributed by atoms with Crippen LogP contribution in [-0.2, 0) is 0 Å². The minimum Gasteiger partial charge on any atom is -0.315 e. The summed E-state index contributed by atoms with van der Waals surface area (Å²) >= 11 is 0. The Hall–Kier alpha value is -0.120. The molecule has 1 aliphatic heterocycles. The summed E-state index contributed by atoms with van der Waals surface area (Å²) in [5.74, 6) is 0.965. The molecule has 1 saturated heterocycles. The third kappa shape index (κ3) is 4.52. The summed E-state index contributed by atoms with van der Waals surface area (Å²) in [6.45, 7) is 6.21. The van der Waals surface area contributed by atoms with Crippen LogP contribution in [-0.4, -0.2) is 62.7 Å². The van der Waals surface area contributed by atoms with E-state index >= 15 is 0 Å². The average molecular weight is 253 g/mol. The first-order valence-corrected chi connectivity index (χ1v) is 7.85. The first-order chi connectivity index (χ1) is 8.75. The van der Waals surface area contributed by atoms with Crippen LogP contribution in [0.3, 0.4) is 0 Å². The van der Waals surface area contributed by atoms with Gasteiger partial charge in [-0.2, -0.15) is 0 Å². The lowest BCUT2D eigenvalue weighted by Gasteiger charge is -2.23. The van der Waals surface area contributed by atoms with E-state index in [0.29, 0.717) is 0 Å². The summed E-state index contributed by atoms with van der Waals surface area (Å²) < 4.78 is 0. The molecule has 1 aliphatic carbocycles. The standard InChI is InChI=1S/C15H31N3/c1-17(2)15-8-10-18(13-15)11-9-16-12-14-6-4-3-5-7-14/h14-16H,3-13H2,1-2H3. The fraction of sp³-hybridized carbons (Fsp3) is 1.00. The highest BCUT2D eigenvalue weighted by Crippen LogP contribution is 2.22. The zero-order valence-corrected chi connectivity index (χ0v) is 12.3. The van der Waals surface area contributed by atoms with Crippen molar-refractivity contribution in [2.45, 2.75) is 44.6 Å². The number of nitrogens with zero attached hydrogens (tertiary/aromatic N) is 2. The molecule has 18 heavy (non-hydrogen) atoms. The highest BCUT2D eigenvalue weighted by molar-refractivity contribution is 4.81. The number of hydrogen-bond acceptors (Lipinski definition) is 3. The van der Waals surface area contributed by atoms with Crippen molar-refractivity contribution in [2.75, 3.05) is 46.8 Å². The van der Waals surface area contributed by atoms with Crippen molar-refractivity contribution in [3.63, 3.8) is 0 Å². The molecule has 1 unspecified atom stereocenters. The second-order valence-corrected chi connectivity index (χ2v) is 6.41. The molecular weight excluding hydrogens is 222 g/mol. The van der Waals surface area contributed by atoms with Crippen LogP contribution in [0.5, 0.6) is 0 Å². The fourth-order valence-corrected chi connectivity index (χ4v) is 3.37. The molecule has 1 heterocycles. The molecule has 0 aromatic carbocycles. The SMILES string of the molecule is CN(C)C1CCN(CCNCC2CCCCC2)C1. The lowest BCUT2D eigenvalue weighted by molar-refractivity contribution is 0.265. The summed E-state index contributed by atoms with van der Waals surface area (Å²) in [7, 11) is 4.41. The second-order valence-electron chi connectivity index (χ2n) is 6.41. The van der Waals surface area contributed by atoms with Gasteiger partial charge in [-0.15, -0.1) is 0 Å². The summed E-state index contributed by atoms with van der Waals surface area (Å²) in [6, 6.07) is 0.781. The van der Waals surface area contributed by atoms with Crippen molar-refractivity contribution in [3.8, 4) is 0 Å². The van der Waals surface area contributed by atoms with E-state index < -0.39 is 0 Å². The molecule has 0 spiro atoms. The molecule has 3 heteroatoms. The van der Waals surface area contributed by atoms with Gasteiger partial charge in [-0.05, 0) is 52.4 Å². The molecule has 0 radical (unpaired) electrons. The number of likely N-dealkylation sites (tertiary alicyclic amines) is 1. The lowest BCUT2D eigenvalue weighted by atomic mass is 9.89. The van der Waals surface area contributed by atoms with Gasteiger partial charge in [0.05, 0.1) is 0 Å². The van der Waals surface area contributed by atoms with E-state index in [9.17, 15) is 0 Å². The van der Waals surface area contributed by atoms with Gasteiger partial charge in [0.25, 0.3) is 0 Å². The second kappa shape index (κ2) is 7.46. The first-order valence-electron chi connectivity index (χ1n) is 7.85. The molecule has 0 aromatic heterocycles. The van der Waals surface area contributed by atoms with Crippen LogP contribution in [0.15, 0.2) is 0 Å². The van der Waals surface area contributed by atoms with Crippen LogP contribution in [0, 0.1) is 5.92 Å². The summed E-state index contributed by atoms with van der Waals surface area (Å²) in [6.07, 6.45) is 8.65. The molecule has 0 amide bonds. The minimum absolute atomic E-state index is 0.781. The van der Waals surface area contributed by atoms with E-state index in [1.54, 1.807) is 0 Å². The van der Waals surface area contributed by atoms with Gasteiger partial charge in [-0.1, -0.05) is 19.3 Å². The normalized spacial score (nSPS) is 27.2. The van der Waals surface area contributed by atoms with Gasteiger partial charge in [0.1, 0.15) is 0 Å². The molecule has 1 saturated carbocycles. The van der Waals surface area contributed by atoms with Crippen LogP contribution in [0.25, 0.3) is 0 Å². The smallest absolute Gasteiger partial charge is 0.0229 e. The molecular formula is C15H31N3. The Labute approximate surface area is 113 Å². The first kappa shape index (κ1) is 14.3. The van der Waals surface area contributed by atoms with E-state index in [2.05, 4.69) is 29.2 Å². The fourth-order valence-electron chi connectivity index (χ4n) is 3.37. The lowest BCUT2D eigenvalue weighted by Crippen LogP contribution is -2.36. The Balaban J connectivity index is 1.51. The zero-order chi connectivity index (χ0) is 12.8. The minimum atomic E-state index is 0.781. The molecule has 2 fully saturated rings. The van der Waals surface area contributed by atoms with Crippen molar-refractivity contribution in [1.29, 1.82) is 0 Å². The van der Waals surface area contributed by atoms with Crippen molar-refractivity contribution in [1.82, 2.24) is 15.1 Å². The predicted octanol–water partition coefficient (Wildman–Crippen LogP) is 1.79. The third-order valence-electron chi connectivity index (χ3n) is 4.74. The van der Waals surface area contributed by atoms with Crippen LogP contribution in [0.2, 0.25) is 0 Å². The van der Waals surface area contributed by atoms with E-state index in [-0.39, 0.29) is 0 Å². The number of likely N-dealkylation sites (N-methyl/N-ethyl adjacent to an activating group) is 1. The third-order valence-corrected chi connectivity index (χ3v) is 4.74. The van der Waals surface area contributed by atoms with E-state index in [4.69, 9.17) is 0 Å². The number of rotatable bonds is 6. The van der Waals surface area contributed by atoms with Crippen LogP contribution < -0.4 is 5.32 Å². The maximum atomic E-state index is 3.67. The van der Waals surface area contributed by atoms with Gasteiger partial charge in [0.2, 0.25) is 0 Å². The summed E-state index contributed by atoms with van der Waals surface area (Å²) in [5, 5.41) is 3.67. The monoisotopic (exact) mass is 253 g/mol. The number of nitrogens with one attached hydrogen (secondary N) is 1. The highest BCUT2D eigenvalue weighted by atomic mass is 15.2. The summed E-state index contributed by atoms with van der Waals surface area (Å²) in [4.78, 5) is 4.98. The highest BCUT2D eigenvalue weighted by Gasteiger charge is 2.23. The average Bonchev–Trinajstić information content (AvgIpc) is 2.85. The molecule has 1 atom stereocenters. The van der Waals surface area contributed by atoms with Gasteiger partial charge < -0.3 is 15.1 Å². The Morgan fingerprint density at radius 3 is 2.56 bits per heavy atom. The van der Waals surface area contributed by atoms with Crippen molar-refractivity contribution >= 4 is 0 Å². The van der Waals surface area contributed by atoms with E-state index in [0.717, 1.165) is 12.0 Å². The van der Waals surface area contributed by atoms with Gasteiger partial charge in [0.15, 0.2) is 0 Å². The molecule has 2 rings (SSSR count). The largest absolute Gasteiger partial charge is 0.315 e. The van der Waals surface area contributed by atoms with Gasteiger partial charge in [-0.25, -0.2) is 0 Å². The van der Waals surface area contributed by atoms with Crippen molar-refractivity contribution in [2.24, 2.45) is 5.92 Å².